The first-order valence-corrected chi connectivity index (χ1v) is 12.9. The van der Waals surface area contributed by atoms with Crippen molar-refractivity contribution in [2.75, 3.05) is 68.4 Å². The SMILES string of the molecule is C=CCCC(C=O)N(C)Cc1cc(N2CCN(CC3CN(c4ccc(N)cc4)C3)CC2)ccc1C=O. The first-order chi connectivity index (χ1) is 17.5. The molecule has 0 aromatic heterocycles. The Morgan fingerprint density at radius 1 is 1.03 bits per heavy atom. The fourth-order valence-electron chi connectivity index (χ4n) is 5.24. The third kappa shape index (κ3) is 6.33. The highest BCUT2D eigenvalue weighted by Crippen LogP contribution is 2.27. The van der Waals surface area contributed by atoms with Gasteiger partial charge in [-0.3, -0.25) is 14.6 Å². The summed E-state index contributed by atoms with van der Waals surface area (Å²) < 4.78 is 0. The third-order valence-electron chi connectivity index (χ3n) is 7.53. The Bertz CT molecular complexity index is 1030. The minimum atomic E-state index is -0.183. The summed E-state index contributed by atoms with van der Waals surface area (Å²) in [6, 6.07) is 14.1. The second-order valence-corrected chi connectivity index (χ2v) is 10.1. The van der Waals surface area contributed by atoms with Crippen LogP contribution in [0.25, 0.3) is 0 Å². The van der Waals surface area contributed by atoms with Gasteiger partial charge >= 0.3 is 0 Å². The molecule has 0 amide bonds. The zero-order chi connectivity index (χ0) is 25.5. The number of carbonyl (C=O) groups excluding carboxylic acids is 2. The van der Waals surface area contributed by atoms with Crippen molar-refractivity contribution >= 4 is 29.6 Å². The number of rotatable bonds is 12. The number of benzene rings is 2. The van der Waals surface area contributed by atoms with E-state index in [0.717, 1.165) is 88.2 Å². The zero-order valence-corrected chi connectivity index (χ0v) is 21.4. The van der Waals surface area contributed by atoms with Gasteiger partial charge in [-0.1, -0.05) is 6.08 Å². The molecule has 192 valence electrons. The molecule has 2 aliphatic rings. The average molecular weight is 490 g/mol. The molecule has 7 heteroatoms. The van der Waals surface area contributed by atoms with E-state index in [1.54, 1.807) is 0 Å². The van der Waals surface area contributed by atoms with Crippen LogP contribution in [0.15, 0.2) is 55.1 Å². The lowest BCUT2D eigenvalue weighted by molar-refractivity contribution is -0.112. The van der Waals surface area contributed by atoms with Gasteiger partial charge in [-0.25, -0.2) is 0 Å². The third-order valence-corrected chi connectivity index (χ3v) is 7.53. The lowest BCUT2D eigenvalue weighted by Crippen LogP contribution is -2.55. The number of piperazine rings is 1. The summed E-state index contributed by atoms with van der Waals surface area (Å²) in [5.74, 6) is 0.704. The fourth-order valence-corrected chi connectivity index (χ4v) is 5.24. The van der Waals surface area contributed by atoms with Crippen LogP contribution < -0.4 is 15.5 Å². The number of nitrogens with two attached hydrogens (primary N) is 1. The van der Waals surface area contributed by atoms with Gasteiger partial charge in [0.05, 0.1) is 6.04 Å². The molecule has 2 aromatic rings. The quantitative estimate of drug-likeness (QED) is 0.279. The minimum absolute atomic E-state index is 0.183. The summed E-state index contributed by atoms with van der Waals surface area (Å²) >= 11 is 0. The topological polar surface area (TPSA) is 73.1 Å². The van der Waals surface area contributed by atoms with Crippen LogP contribution in [0.1, 0.15) is 28.8 Å². The highest BCUT2D eigenvalue weighted by Gasteiger charge is 2.30. The van der Waals surface area contributed by atoms with Crippen molar-refractivity contribution < 1.29 is 9.59 Å². The van der Waals surface area contributed by atoms with Gasteiger partial charge in [-0.05, 0) is 67.9 Å². The molecular formula is C29H39N5O2. The highest BCUT2D eigenvalue weighted by molar-refractivity contribution is 5.78. The van der Waals surface area contributed by atoms with E-state index in [2.05, 4.69) is 39.5 Å². The van der Waals surface area contributed by atoms with Gasteiger partial charge in [0.1, 0.15) is 12.6 Å². The Balaban J connectivity index is 1.28. The Labute approximate surface area is 215 Å². The summed E-state index contributed by atoms with van der Waals surface area (Å²) in [6.45, 7) is 11.7. The summed E-state index contributed by atoms with van der Waals surface area (Å²) in [5.41, 5.74) is 10.7. The van der Waals surface area contributed by atoms with Crippen molar-refractivity contribution in [2.45, 2.75) is 25.4 Å². The molecule has 2 aromatic carbocycles. The molecule has 2 fully saturated rings. The molecule has 0 radical (unpaired) electrons. The van der Waals surface area contributed by atoms with Gasteiger partial charge in [0.15, 0.2) is 0 Å². The number of nitrogen functional groups attached to an aromatic ring is 1. The number of allylic oxidation sites excluding steroid dienone is 1. The molecule has 1 unspecified atom stereocenters. The molecule has 0 saturated carbocycles. The monoisotopic (exact) mass is 489 g/mol. The van der Waals surface area contributed by atoms with Gasteiger partial charge in [0.25, 0.3) is 0 Å². The Kier molecular flexibility index (Phi) is 8.78. The number of aldehydes is 2. The molecule has 0 spiro atoms. The molecule has 36 heavy (non-hydrogen) atoms. The summed E-state index contributed by atoms with van der Waals surface area (Å²) in [4.78, 5) is 32.7. The second-order valence-electron chi connectivity index (χ2n) is 10.1. The van der Waals surface area contributed by atoms with Crippen molar-refractivity contribution in [2.24, 2.45) is 5.92 Å². The van der Waals surface area contributed by atoms with Gasteiger partial charge in [-0.15, -0.1) is 6.58 Å². The summed E-state index contributed by atoms with van der Waals surface area (Å²) in [7, 11) is 1.94. The summed E-state index contributed by atoms with van der Waals surface area (Å²) in [6.07, 6.45) is 5.27. The molecule has 0 bridgehead atoms. The van der Waals surface area contributed by atoms with Crippen LogP contribution in [-0.4, -0.2) is 81.3 Å². The molecule has 2 N–H and O–H groups in total. The maximum Gasteiger partial charge on any atom is 0.150 e. The molecule has 2 aliphatic heterocycles. The van der Waals surface area contributed by atoms with Gasteiger partial charge < -0.3 is 20.3 Å². The number of nitrogens with zero attached hydrogens (tertiary/aromatic N) is 4. The first-order valence-electron chi connectivity index (χ1n) is 12.9. The normalized spacial score (nSPS) is 17.6. The van der Waals surface area contributed by atoms with Crippen LogP contribution in [0.3, 0.4) is 0 Å². The standard InChI is InChI=1S/C29H39N5O2/c1-3-4-5-29(22-36)31(2)20-25-16-28(9-6-24(25)21-35)33-14-12-32(13-15-33)17-23-18-34(19-23)27-10-7-26(30)8-11-27/h3,6-11,16,21-23,29H,1,4-5,12-15,17-20,30H2,2H3. The van der Waals surface area contributed by atoms with Gasteiger partial charge in [0, 0.05) is 80.9 Å². The maximum absolute atomic E-state index is 11.7. The van der Waals surface area contributed by atoms with Crippen molar-refractivity contribution in [3.05, 3.63) is 66.2 Å². The van der Waals surface area contributed by atoms with E-state index in [0.29, 0.717) is 18.0 Å². The van der Waals surface area contributed by atoms with Crippen LogP contribution >= 0.6 is 0 Å². The Hall–Kier alpha value is -3.16. The number of carbonyl (C=O) groups is 2. The highest BCUT2D eigenvalue weighted by atomic mass is 16.1. The number of likely N-dealkylation sites (N-methyl/N-ethyl adjacent to an activating group) is 1. The maximum atomic E-state index is 11.7. The van der Waals surface area contributed by atoms with E-state index in [4.69, 9.17) is 5.73 Å². The van der Waals surface area contributed by atoms with Crippen LogP contribution in [0.4, 0.5) is 17.1 Å². The van der Waals surface area contributed by atoms with Crippen molar-refractivity contribution in [1.82, 2.24) is 9.80 Å². The minimum Gasteiger partial charge on any atom is -0.399 e. The second kappa shape index (κ2) is 12.2. The van der Waals surface area contributed by atoms with Crippen molar-refractivity contribution in [3.63, 3.8) is 0 Å². The van der Waals surface area contributed by atoms with Gasteiger partial charge in [-0.2, -0.15) is 0 Å². The average Bonchev–Trinajstić information content (AvgIpc) is 2.87. The zero-order valence-electron chi connectivity index (χ0n) is 21.4. The Morgan fingerprint density at radius 3 is 2.36 bits per heavy atom. The van der Waals surface area contributed by atoms with E-state index in [9.17, 15) is 9.59 Å². The molecule has 1 atom stereocenters. The van der Waals surface area contributed by atoms with E-state index >= 15 is 0 Å². The predicted molar refractivity (Wildman–Crippen MR) is 148 cm³/mol. The lowest BCUT2D eigenvalue weighted by atomic mass is 9.98. The molecular weight excluding hydrogens is 450 g/mol. The molecule has 0 aliphatic carbocycles. The van der Waals surface area contributed by atoms with E-state index in [-0.39, 0.29) is 6.04 Å². The van der Waals surface area contributed by atoms with E-state index < -0.39 is 0 Å². The number of hydrogen-bond acceptors (Lipinski definition) is 7. The largest absolute Gasteiger partial charge is 0.399 e. The molecule has 7 nitrogen and oxygen atoms in total. The van der Waals surface area contributed by atoms with Crippen molar-refractivity contribution in [3.8, 4) is 0 Å². The molecule has 2 saturated heterocycles. The predicted octanol–water partition coefficient (Wildman–Crippen LogP) is 3.31. The number of anilines is 3. The lowest BCUT2D eigenvalue weighted by Gasteiger charge is -2.45. The molecule has 2 heterocycles. The summed E-state index contributed by atoms with van der Waals surface area (Å²) in [5, 5.41) is 0. The number of hydrogen-bond donors (Lipinski definition) is 1. The van der Waals surface area contributed by atoms with E-state index in [1.165, 1.54) is 5.69 Å². The Morgan fingerprint density at radius 2 is 1.72 bits per heavy atom. The van der Waals surface area contributed by atoms with Crippen LogP contribution in [0.5, 0.6) is 0 Å². The fraction of sp³-hybridized carbons (Fsp3) is 0.448. The van der Waals surface area contributed by atoms with E-state index in [1.807, 2.05) is 42.3 Å². The first kappa shape index (κ1) is 25.9. The van der Waals surface area contributed by atoms with Crippen molar-refractivity contribution in [1.29, 1.82) is 0 Å². The van der Waals surface area contributed by atoms with Crippen LogP contribution in [0.2, 0.25) is 0 Å². The van der Waals surface area contributed by atoms with Crippen LogP contribution in [0, 0.1) is 5.92 Å². The molecule has 4 rings (SSSR count). The van der Waals surface area contributed by atoms with Crippen LogP contribution in [-0.2, 0) is 11.3 Å². The van der Waals surface area contributed by atoms with Gasteiger partial charge in [0.2, 0.25) is 0 Å². The smallest absolute Gasteiger partial charge is 0.150 e.